The van der Waals surface area contributed by atoms with Crippen LogP contribution in [-0.2, 0) is 4.79 Å². The maximum Gasteiger partial charge on any atom is 0.255 e. The fourth-order valence-electron chi connectivity index (χ4n) is 3.42. The Labute approximate surface area is 185 Å². The maximum absolute atomic E-state index is 13.2. The molecule has 0 unspecified atom stereocenters. The van der Waals surface area contributed by atoms with Gasteiger partial charge in [-0.2, -0.15) is 0 Å². The third-order valence-corrected chi connectivity index (χ3v) is 5.45. The van der Waals surface area contributed by atoms with Gasteiger partial charge in [-0.1, -0.05) is 11.6 Å². The van der Waals surface area contributed by atoms with Crippen molar-refractivity contribution in [1.82, 2.24) is 9.80 Å². The van der Waals surface area contributed by atoms with E-state index in [4.69, 9.17) is 16.3 Å². The Kier molecular flexibility index (Phi) is 7.63. The molecule has 2 aromatic carbocycles. The molecule has 0 aliphatic carbocycles. The van der Waals surface area contributed by atoms with Crippen molar-refractivity contribution in [3.63, 3.8) is 0 Å². The third-order valence-electron chi connectivity index (χ3n) is 5.13. The molecule has 1 aliphatic rings. The number of hydrogen-bond acceptors (Lipinski definition) is 4. The molecule has 3 rings (SSSR count). The van der Waals surface area contributed by atoms with Gasteiger partial charge >= 0.3 is 0 Å². The van der Waals surface area contributed by atoms with E-state index in [9.17, 15) is 18.8 Å². The minimum absolute atomic E-state index is 0.0660. The number of halogens is 2. The summed E-state index contributed by atoms with van der Waals surface area (Å²) in [4.78, 5) is 40.7. The van der Waals surface area contributed by atoms with Crippen molar-refractivity contribution < 1.29 is 23.5 Å². The van der Waals surface area contributed by atoms with Crippen LogP contribution in [0.15, 0.2) is 42.5 Å². The van der Waals surface area contributed by atoms with Gasteiger partial charge in [0, 0.05) is 44.6 Å². The number of piperazine rings is 1. The lowest BCUT2D eigenvalue weighted by molar-refractivity contribution is -0.132. The standard InChI is InChI=1S/C23H24ClFN2O4/c1-2-31-18-6-3-16(4-7-18)21(28)9-10-22(29)26-11-13-27(14-12-26)23(30)19-8-5-17(25)15-20(19)24/h3-8,15H,2,9-14H2,1H3. The van der Waals surface area contributed by atoms with Crippen molar-refractivity contribution in [1.29, 1.82) is 0 Å². The van der Waals surface area contributed by atoms with Gasteiger partial charge in [-0.05, 0) is 49.4 Å². The van der Waals surface area contributed by atoms with E-state index >= 15 is 0 Å². The number of amides is 2. The lowest BCUT2D eigenvalue weighted by Crippen LogP contribution is -2.50. The Morgan fingerprint density at radius 3 is 2.23 bits per heavy atom. The molecule has 1 aliphatic heterocycles. The fourth-order valence-corrected chi connectivity index (χ4v) is 3.67. The number of carbonyl (C=O) groups excluding carboxylic acids is 3. The quantitative estimate of drug-likeness (QED) is 0.606. The molecule has 0 saturated carbocycles. The van der Waals surface area contributed by atoms with Crippen LogP contribution in [0.1, 0.15) is 40.5 Å². The van der Waals surface area contributed by atoms with Gasteiger partial charge in [-0.3, -0.25) is 14.4 Å². The number of nitrogens with zero attached hydrogens (tertiary/aromatic N) is 2. The molecule has 0 N–H and O–H groups in total. The molecule has 8 heteroatoms. The van der Waals surface area contributed by atoms with Crippen LogP contribution in [0, 0.1) is 5.82 Å². The van der Waals surface area contributed by atoms with Gasteiger partial charge in [-0.15, -0.1) is 0 Å². The molecule has 2 amide bonds. The molecule has 0 aromatic heterocycles. The van der Waals surface area contributed by atoms with Gasteiger partial charge in [0.05, 0.1) is 17.2 Å². The summed E-state index contributed by atoms with van der Waals surface area (Å²) in [6.45, 7) is 3.90. The van der Waals surface area contributed by atoms with Crippen molar-refractivity contribution >= 4 is 29.2 Å². The number of ether oxygens (including phenoxy) is 1. The summed E-state index contributed by atoms with van der Waals surface area (Å²) in [5.74, 6) is -0.314. The van der Waals surface area contributed by atoms with E-state index in [2.05, 4.69) is 0 Å². The zero-order chi connectivity index (χ0) is 22.4. The smallest absolute Gasteiger partial charge is 0.255 e. The van der Waals surface area contributed by atoms with Crippen LogP contribution in [0.4, 0.5) is 4.39 Å². The van der Waals surface area contributed by atoms with Gasteiger partial charge in [0.2, 0.25) is 5.91 Å². The normalized spacial score (nSPS) is 13.8. The van der Waals surface area contributed by atoms with Crippen LogP contribution in [0.5, 0.6) is 5.75 Å². The first-order valence-electron chi connectivity index (χ1n) is 10.2. The first kappa shape index (κ1) is 22.7. The number of hydrogen-bond donors (Lipinski definition) is 0. The van der Waals surface area contributed by atoms with Gasteiger partial charge in [0.1, 0.15) is 11.6 Å². The van der Waals surface area contributed by atoms with Gasteiger partial charge in [-0.25, -0.2) is 4.39 Å². The van der Waals surface area contributed by atoms with E-state index in [0.717, 1.165) is 6.07 Å². The van der Waals surface area contributed by atoms with E-state index < -0.39 is 5.82 Å². The summed E-state index contributed by atoms with van der Waals surface area (Å²) in [5.41, 5.74) is 0.784. The number of Topliss-reactive ketones (excluding diaryl/α,β-unsaturated/α-hetero) is 1. The lowest BCUT2D eigenvalue weighted by atomic mass is 10.1. The average molecular weight is 447 g/mol. The van der Waals surface area contributed by atoms with E-state index in [1.54, 1.807) is 34.1 Å². The molecule has 0 radical (unpaired) electrons. The molecule has 164 valence electrons. The van der Waals surface area contributed by atoms with E-state index in [0.29, 0.717) is 44.1 Å². The number of benzene rings is 2. The molecule has 1 saturated heterocycles. The predicted octanol–water partition coefficient (Wildman–Crippen LogP) is 3.83. The monoisotopic (exact) mass is 446 g/mol. The Morgan fingerprint density at radius 2 is 1.61 bits per heavy atom. The van der Waals surface area contributed by atoms with Crippen LogP contribution in [0.2, 0.25) is 5.02 Å². The van der Waals surface area contributed by atoms with Crippen molar-refractivity contribution in [2.24, 2.45) is 0 Å². The van der Waals surface area contributed by atoms with Gasteiger partial charge in [0.25, 0.3) is 5.91 Å². The van der Waals surface area contributed by atoms with Crippen LogP contribution < -0.4 is 4.74 Å². The topological polar surface area (TPSA) is 66.9 Å². The Bertz CT molecular complexity index is 957. The highest BCUT2D eigenvalue weighted by Gasteiger charge is 2.26. The largest absolute Gasteiger partial charge is 0.494 e. The molecule has 6 nitrogen and oxygen atoms in total. The highest BCUT2D eigenvalue weighted by molar-refractivity contribution is 6.33. The van der Waals surface area contributed by atoms with Gasteiger partial charge in [0.15, 0.2) is 5.78 Å². The Balaban J connectivity index is 1.47. The summed E-state index contributed by atoms with van der Waals surface area (Å²) in [6.07, 6.45) is 0.237. The minimum atomic E-state index is -0.503. The van der Waals surface area contributed by atoms with Crippen molar-refractivity contribution in [3.05, 3.63) is 64.4 Å². The molecule has 31 heavy (non-hydrogen) atoms. The highest BCUT2D eigenvalue weighted by Crippen LogP contribution is 2.20. The minimum Gasteiger partial charge on any atom is -0.494 e. The third kappa shape index (κ3) is 5.82. The van der Waals surface area contributed by atoms with E-state index in [1.165, 1.54) is 12.1 Å². The molecular weight excluding hydrogens is 423 g/mol. The molecule has 2 aromatic rings. The van der Waals surface area contributed by atoms with Crippen molar-refractivity contribution in [2.75, 3.05) is 32.8 Å². The second kappa shape index (κ2) is 10.4. The van der Waals surface area contributed by atoms with Crippen molar-refractivity contribution in [3.8, 4) is 5.75 Å². The fraction of sp³-hybridized carbons (Fsp3) is 0.348. The second-order valence-corrected chi connectivity index (χ2v) is 7.58. The SMILES string of the molecule is CCOc1ccc(C(=O)CCC(=O)N2CCN(C(=O)c3ccc(F)cc3Cl)CC2)cc1. The predicted molar refractivity (Wildman–Crippen MR) is 115 cm³/mol. The maximum atomic E-state index is 13.2. The molecule has 1 heterocycles. The zero-order valence-corrected chi connectivity index (χ0v) is 18.0. The van der Waals surface area contributed by atoms with Crippen LogP contribution in [0.3, 0.4) is 0 Å². The van der Waals surface area contributed by atoms with Crippen molar-refractivity contribution in [2.45, 2.75) is 19.8 Å². The number of carbonyl (C=O) groups is 3. The Morgan fingerprint density at radius 1 is 0.968 bits per heavy atom. The van der Waals surface area contributed by atoms with Crippen LogP contribution in [0.25, 0.3) is 0 Å². The summed E-state index contributed by atoms with van der Waals surface area (Å²) in [5, 5.41) is 0.0660. The summed E-state index contributed by atoms with van der Waals surface area (Å²) < 4.78 is 18.6. The van der Waals surface area contributed by atoms with Crippen LogP contribution >= 0.6 is 11.6 Å². The first-order chi connectivity index (χ1) is 14.9. The molecule has 0 spiro atoms. The summed E-state index contributed by atoms with van der Waals surface area (Å²) in [7, 11) is 0. The highest BCUT2D eigenvalue weighted by atomic mass is 35.5. The first-order valence-corrected chi connectivity index (χ1v) is 10.5. The van der Waals surface area contributed by atoms with E-state index in [-0.39, 0.29) is 41.0 Å². The Hall–Kier alpha value is -2.93. The van der Waals surface area contributed by atoms with E-state index in [1.807, 2.05) is 6.92 Å². The molecule has 0 bridgehead atoms. The van der Waals surface area contributed by atoms with Gasteiger partial charge < -0.3 is 14.5 Å². The molecule has 1 fully saturated rings. The van der Waals surface area contributed by atoms with Crippen LogP contribution in [-0.4, -0.2) is 60.2 Å². The molecular formula is C23H24ClFN2O4. The lowest BCUT2D eigenvalue weighted by Gasteiger charge is -2.35. The number of rotatable bonds is 7. The zero-order valence-electron chi connectivity index (χ0n) is 17.3. The average Bonchev–Trinajstić information content (AvgIpc) is 2.77. The second-order valence-electron chi connectivity index (χ2n) is 7.18. The summed E-state index contributed by atoms with van der Waals surface area (Å²) in [6, 6.07) is 10.5. The summed E-state index contributed by atoms with van der Waals surface area (Å²) >= 11 is 5.98. The number of ketones is 1. The molecule has 0 atom stereocenters.